The van der Waals surface area contributed by atoms with Crippen molar-refractivity contribution in [2.24, 2.45) is 0 Å². The van der Waals surface area contributed by atoms with Crippen molar-refractivity contribution >= 4 is 11.5 Å². The van der Waals surface area contributed by atoms with E-state index < -0.39 is 4.92 Å². The molecule has 18 heavy (non-hydrogen) atoms. The number of nitrogens with zero attached hydrogens (tertiary/aromatic N) is 4. The average Bonchev–Trinajstić information content (AvgIpc) is 2.90. The van der Waals surface area contributed by atoms with E-state index in [4.69, 9.17) is 4.74 Å². The summed E-state index contributed by atoms with van der Waals surface area (Å²) in [6, 6.07) is 0.198. The first-order valence-corrected chi connectivity index (χ1v) is 5.62. The Morgan fingerprint density at radius 3 is 2.94 bits per heavy atom. The molecule has 98 valence electrons. The van der Waals surface area contributed by atoms with Crippen molar-refractivity contribution in [1.82, 2.24) is 15.3 Å². The molecule has 1 aromatic rings. The molecule has 2 rings (SSSR count). The molecule has 8 heteroatoms. The Labute approximate surface area is 104 Å². The summed E-state index contributed by atoms with van der Waals surface area (Å²) < 4.78 is 4.93. The van der Waals surface area contributed by atoms with E-state index in [0.29, 0.717) is 5.82 Å². The largest absolute Gasteiger partial charge is 0.476 e. The van der Waals surface area contributed by atoms with Crippen molar-refractivity contribution in [3.63, 3.8) is 0 Å². The summed E-state index contributed by atoms with van der Waals surface area (Å²) in [6.07, 6.45) is 2.21. The zero-order valence-corrected chi connectivity index (χ0v) is 10.3. The van der Waals surface area contributed by atoms with Gasteiger partial charge in [0.05, 0.1) is 12.0 Å². The standard InChI is InChI=1S/C10H15N5O3/c1-14(7-3-4-11-5-7)9-8(15(16)17)10(18-2)13-6-12-9/h6-7,11H,3-5H2,1-2H3. The number of anilines is 1. The molecule has 1 aliphatic heterocycles. The van der Waals surface area contributed by atoms with Gasteiger partial charge < -0.3 is 15.0 Å². The van der Waals surface area contributed by atoms with Gasteiger partial charge in [0.15, 0.2) is 0 Å². The predicted molar refractivity (Wildman–Crippen MR) is 64.9 cm³/mol. The number of aromatic nitrogens is 2. The number of nitrogens with one attached hydrogen (secondary N) is 1. The summed E-state index contributed by atoms with van der Waals surface area (Å²) in [4.78, 5) is 20.2. The lowest BCUT2D eigenvalue weighted by Gasteiger charge is -2.24. The van der Waals surface area contributed by atoms with Gasteiger partial charge >= 0.3 is 5.69 Å². The molecule has 0 bridgehead atoms. The maximum Gasteiger partial charge on any atom is 0.372 e. The van der Waals surface area contributed by atoms with Crippen LogP contribution in [0, 0.1) is 10.1 Å². The van der Waals surface area contributed by atoms with Crippen LogP contribution in [0.4, 0.5) is 11.5 Å². The third-order valence-corrected chi connectivity index (χ3v) is 3.06. The molecule has 1 N–H and O–H groups in total. The first-order chi connectivity index (χ1) is 8.65. The van der Waals surface area contributed by atoms with Gasteiger partial charge in [-0.1, -0.05) is 0 Å². The Kier molecular flexibility index (Phi) is 3.56. The van der Waals surface area contributed by atoms with Crippen LogP contribution in [0.2, 0.25) is 0 Å². The number of rotatable bonds is 4. The summed E-state index contributed by atoms with van der Waals surface area (Å²) >= 11 is 0. The highest BCUT2D eigenvalue weighted by Crippen LogP contribution is 2.33. The summed E-state index contributed by atoms with van der Waals surface area (Å²) in [5, 5.41) is 14.3. The lowest BCUT2D eigenvalue weighted by Crippen LogP contribution is -2.34. The molecular formula is C10H15N5O3. The molecule has 0 aliphatic carbocycles. The van der Waals surface area contributed by atoms with E-state index in [1.165, 1.54) is 13.4 Å². The van der Waals surface area contributed by atoms with Gasteiger partial charge in [-0.3, -0.25) is 10.1 Å². The van der Waals surface area contributed by atoms with Gasteiger partial charge in [0.25, 0.3) is 5.88 Å². The van der Waals surface area contributed by atoms with Crippen molar-refractivity contribution in [2.45, 2.75) is 12.5 Å². The fraction of sp³-hybridized carbons (Fsp3) is 0.600. The second-order valence-electron chi connectivity index (χ2n) is 4.07. The van der Waals surface area contributed by atoms with Crippen molar-refractivity contribution in [1.29, 1.82) is 0 Å². The van der Waals surface area contributed by atoms with E-state index in [9.17, 15) is 10.1 Å². The monoisotopic (exact) mass is 253 g/mol. The van der Waals surface area contributed by atoms with Crippen molar-refractivity contribution in [2.75, 3.05) is 32.1 Å². The third-order valence-electron chi connectivity index (χ3n) is 3.06. The summed E-state index contributed by atoms with van der Waals surface area (Å²) in [5.74, 6) is 0.281. The molecule has 2 heterocycles. The summed E-state index contributed by atoms with van der Waals surface area (Å²) in [5.41, 5.74) is -0.186. The molecule has 0 amide bonds. The van der Waals surface area contributed by atoms with E-state index in [0.717, 1.165) is 19.5 Å². The molecule has 0 spiro atoms. The number of ether oxygens (including phenoxy) is 1. The highest BCUT2D eigenvalue weighted by Gasteiger charge is 2.30. The van der Waals surface area contributed by atoms with Crippen LogP contribution in [-0.2, 0) is 0 Å². The number of hydrogen-bond acceptors (Lipinski definition) is 7. The Hall–Kier alpha value is -1.96. The molecule has 1 saturated heterocycles. The number of likely N-dealkylation sites (N-methyl/N-ethyl adjacent to an activating group) is 1. The van der Waals surface area contributed by atoms with E-state index in [-0.39, 0.29) is 17.6 Å². The Morgan fingerprint density at radius 1 is 1.61 bits per heavy atom. The van der Waals surface area contributed by atoms with Crippen LogP contribution in [0.5, 0.6) is 5.88 Å². The molecule has 1 aliphatic rings. The zero-order valence-electron chi connectivity index (χ0n) is 10.3. The van der Waals surface area contributed by atoms with E-state index >= 15 is 0 Å². The van der Waals surface area contributed by atoms with E-state index in [1.54, 1.807) is 7.05 Å². The van der Waals surface area contributed by atoms with Gasteiger partial charge in [-0.2, -0.15) is 4.98 Å². The van der Waals surface area contributed by atoms with Gasteiger partial charge in [0.1, 0.15) is 6.33 Å². The molecule has 1 aromatic heterocycles. The first-order valence-electron chi connectivity index (χ1n) is 5.62. The molecule has 8 nitrogen and oxygen atoms in total. The van der Waals surface area contributed by atoms with Crippen molar-refractivity contribution in [3.05, 3.63) is 16.4 Å². The topological polar surface area (TPSA) is 93.4 Å². The maximum atomic E-state index is 11.1. The molecule has 0 aromatic carbocycles. The highest BCUT2D eigenvalue weighted by molar-refractivity contribution is 5.62. The SMILES string of the molecule is COc1ncnc(N(C)C2CCNC2)c1[N+](=O)[O-]. The minimum absolute atomic E-state index is 0.0113. The summed E-state index contributed by atoms with van der Waals surface area (Å²) in [7, 11) is 3.16. The second kappa shape index (κ2) is 5.13. The minimum Gasteiger partial charge on any atom is -0.476 e. The lowest BCUT2D eigenvalue weighted by atomic mass is 10.2. The number of nitro groups is 1. The van der Waals surface area contributed by atoms with Gasteiger partial charge in [-0.15, -0.1) is 0 Å². The van der Waals surface area contributed by atoms with Crippen LogP contribution >= 0.6 is 0 Å². The van der Waals surface area contributed by atoms with Crippen molar-refractivity contribution < 1.29 is 9.66 Å². The van der Waals surface area contributed by atoms with Gasteiger partial charge in [-0.25, -0.2) is 4.98 Å². The fourth-order valence-electron chi connectivity index (χ4n) is 2.06. The summed E-state index contributed by atoms with van der Waals surface area (Å²) in [6.45, 7) is 1.70. The minimum atomic E-state index is -0.507. The molecule has 0 saturated carbocycles. The van der Waals surface area contributed by atoms with Crippen LogP contribution in [0.25, 0.3) is 0 Å². The Balaban J connectivity index is 2.39. The van der Waals surface area contributed by atoms with Crippen LogP contribution in [0.1, 0.15) is 6.42 Å². The Bertz CT molecular complexity index is 447. The fourth-order valence-corrected chi connectivity index (χ4v) is 2.06. The molecule has 1 fully saturated rings. The quantitative estimate of drug-likeness (QED) is 0.604. The molecule has 0 radical (unpaired) electrons. The zero-order chi connectivity index (χ0) is 13.1. The lowest BCUT2D eigenvalue weighted by molar-refractivity contribution is -0.385. The highest BCUT2D eigenvalue weighted by atomic mass is 16.6. The third kappa shape index (κ3) is 2.19. The number of methoxy groups -OCH3 is 1. The van der Waals surface area contributed by atoms with E-state index in [1.807, 2.05) is 4.90 Å². The van der Waals surface area contributed by atoms with Crippen LogP contribution in [0.15, 0.2) is 6.33 Å². The number of hydrogen-bond donors (Lipinski definition) is 1. The van der Waals surface area contributed by atoms with Gasteiger partial charge in [-0.05, 0) is 13.0 Å². The molecule has 1 unspecified atom stereocenters. The normalized spacial score (nSPS) is 18.7. The van der Waals surface area contributed by atoms with Crippen LogP contribution in [0.3, 0.4) is 0 Å². The van der Waals surface area contributed by atoms with Crippen LogP contribution in [-0.4, -0.2) is 48.2 Å². The first kappa shape index (κ1) is 12.5. The van der Waals surface area contributed by atoms with E-state index in [2.05, 4.69) is 15.3 Å². The smallest absolute Gasteiger partial charge is 0.372 e. The average molecular weight is 253 g/mol. The Morgan fingerprint density at radius 2 is 2.39 bits per heavy atom. The predicted octanol–water partition coefficient (Wildman–Crippen LogP) is 0.192. The molecule has 1 atom stereocenters. The van der Waals surface area contributed by atoms with Gasteiger partial charge in [0, 0.05) is 19.6 Å². The van der Waals surface area contributed by atoms with Crippen molar-refractivity contribution in [3.8, 4) is 5.88 Å². The van der Waals surface area contributed by atoms with Crippen LogP contribution < -0.4 is 15.0 Å². The molecular weight excluding hydrogens is 238 g/mol. The maximum absolute atomic E-state index is 11.1. The second-order valence-corrected chi connectivity index (χ2v) is 4.07. The van der Waals surface area contributed by atoms with Gasteiger partial charge in [0.2, 0.25) is 5.82 Å².